The third-order valence-electron chi connectivity index (χ3n) is 5.86. The molecule has 0 bridgehead atoms. The fourth-order valence-corrected chi connectivity index (χ4v) is 4.47. The van der Waals surface area contributed by atoms with Gasteiger partial charge in [0, 0.05) is 30.1 Å². The number of fused-ring (bicyclic) bond motifs is 4. The quantitative estimate of drug-likeness (QED) is 0.594. The Morgan fingerprint density at radius 3 is 2.60 bits per heavy atom. The van der Waals surface area contributed by atoms with Crippen LogP contribution >= 0.6 is 0 Å². The fraction of sp³-hybridized carbons (Fsp3) is 0.238. The number of aromatic hydroxyl groups is 1. The number of aromatic amines is 1. The van der Waals surface area contributed by atoms with Crippen molar-refractivity contribution in [2.75, 3.05) is 7.05 Å². The minimum absolute atomic E-state index is 0.0158. The van der Waals surface area contributed by atoms with Crippen LogP contribution in [0.25, 0.3) is 10.9 Å². The van der Waals surface area contributed by atoms with Crippen LogP contribution in [0.4, 0.5) is 18.0 Å². The van der Waals surface area contributed by atoms with E-state index >= 15 is 0 Å². The molecule has 2 N–H and O–H groups in total. The van der Waals surface area contributed by atoms with Crippen LogP contribution < -0.4 is 0 Å². The highest BCUT2D eigenvalue weighted by Crippen LogP contribution is 2.45. The first-order valence-corrected chi connectivity index (χ1v) is 9.27. The molecule has 2 unspecified atom stereocenters. The molecule has 30 heavy (non-hydrogen) atoms. The molecule has 3 amide bonds. The first kappa shape index (κ1) is 18.5. The lowest BCUT2D eigenvalue weighted by Crippen LogP contribution is -2.44. The monoisotopic (exact) mass is 415 g/mol. The first-order chi connectivity index (χ1) is 14.2. The van der Waals surface area contributed by atoms with E-state index in [-0.39, 0.29) is 12.2 Å². The summed E-state index contributed by atoms with van der Waals surface area (Å²) in [7, 11) is 1.39. The highest BCUT2D eigenvalue weighted by Gasteiger charge is 2.51. The van der Waals surface area contributed by atoms with Crippen molar-refractivity contribution >= 4 is 22.8 Å². The van der Waals surface area contributed by atoms with E-state index in [0.717, 1.165) is 17.0 Å². The average molecular weight is 415 g/mol. The Bertz CT molecular complexity index is 1220. The number of carbonyl (C=O) groups is 2. The second-order valence-corrected chi connectivity index (χ2v) is 7.58. The number of imide groups is 1. The Hall–Kier alpha value is -3.49. The van der Waals surface area contributed by atoms with Gasteiger partial charge in [-0.05, 0) is 41.5 Å². The van der Waals surface area contributed by atoms with E-state index in [9.17, 15) is 27.9 Å². The van der Waals surface area contributed by atoms with Gasteiger partial charge in [-0.3, -0.25) is 14.6 Å². The molecule has 2 aliphatic rings. The first-order valence-electron chi connectivity index (χ1n) is 9.27. The van der Waals surface area contributed by atoms with Crippen molar-refractivity contribution in [2.45, 2.75) is 24.7 Å². The predicted octanol–water partition coefficient (Wildman–Crippen LogP) is 3.80. The lowest BCUT2D eigenvalue weighted by atomic mass is 9.88. The number of H-pyrrole nitrogens is 1. The topological polar surface area (TPSA) is 76.6 Å². The number of halogens is 3. The van der Waals surface area contributed by atoms with Crippen molar-refractivity contribution in [3.05, 3.63) is 64.8 Å². The van der Waals surface area contributed by atoms with Crippen LogP contribution in [0.2, 0.25) is 0 Å². The Labute approximate surface area is 168 Å². The van der Waals surface area contributed by atoms with Crippen molar-refractivity contribution in [2.24, 2.45) is 0 Å². The van der Waals surface area contributed by atoms with E-state index < -0.39 is 35.8 Å². The second kappa shape index (κ2) is 6.01. The molecule has 0 spiro atoms. The van der Waals surface area contributed by atoms with Gasteiger partial charge in [0.1, 0.15) is 17.8 Å². The zero-order valence-electron chi connectivity index (χ0n) is 15.7. The number of nitrogens with one attached hydrogen (secondary N) is 1. The zero-order chi connectivity index (χ0) is 21.4. The maximum absolute atomic E-state index is 13.3. The number of alkyl halides is 3. The van der Waals surface area contributed by atoms with Gasteiger partial charge in [0.2, 0.25) is 0 Å². The largest absolute Gasteiger partial charge is 0.508 e. The maximum atomic E-state index is 13.3. The molecule has 9 heteroatoms. The summed E-state index contributed by atoms with van der Waals surface area (Å²) in [5.41, 5.74) is 1.39. The number of aromatic nitrogens is 1. The third-order valence-corrected chi connectivity index (χ3v) is 5.86. The number of phenols is 1. The molecule has 2 aliphatic heterocycles. The van der Waals surface area contributed by atoms with Crippen molar-refractivity contribution in [1.29, 1.82) is 0 Å². The number of carbonyl (C=O) groups excluding carboxylic acids is 2. The average Bonchev–Trinajstić information content (AvgIpc) is 3.16. The SMILES string of the molecule is CN1C(=O)C2Cc3c([nH]c4ccc(C(F)(F)F)cc34)C(c3cccc(O)c3)N2C1=O. The number of nitrogens with zero attached hydrogens (tertiary/aromatic N) is 2. The summed E-state index contributed by atoms with van der Waals surface area (Å²) in [6.45, 7) is 0. The van der Waals surface area contributed by atoms with Gasteiger partial charge in [0.15, 0.2) is 0 Å². The summed E-state index contributed by atoms with van der Waals surface area (Å²) in [6, 6.07) is 7.67. The van der Waals surface area contributed by atoms with Crippen molar-refractivity contribution in [3.63, 3.8) is 0 Å². The molecule has 2 atom stereocenters. The van der Waals surface area contributed by atoms with Gasteiger partial charge in [0.25, 0.3) is 5.91 Å². The van der Waals surface area contributed by atoms with Gasteiger partial charge in [-0.1, -0.05) is 12.1 Å². The fourth-order valence-electron chi connectivity index (χ4n) is 4.47. The minimum atomic E-state index is -4.50. The highest BCUT2D eigenvalue weighted by molar-refractivity contribution is 6.05. The molecule has 1 fully saturated rings. The smallest absolute Gasteiger partial charge is 0.416 e. The Morgan fingerprint density at radius 2 is 1.90 bits per heavy atom. The molecular weight excluding hydrogens is 399 g/mol. The lowest BCUT2D eigenvalue weighted by Gasteiger charge is -2.36. The summed E-state index contributed by atoms with van der Waals surface area (Å²) in [5, 5.41) is 10.3. The number of benzene rings is 2. The van der Waals surface area contributed by atoms with Gasteiger partial charge >= 0.3 is 12.2 Å². The molecule has 6 nitrogen and oxygen atoms in total. The molecule has 3 aromatic rings. The van der Waals surface area contributed by atoms with Gasteiger partial charge < -0.3 is 10.1 Å². The molecule has 0 aliphatic carbocycles. The third kappa shape index (κ3) is 2.51. The van der Waals surface area contributed by atoms with Crippen LogP contribution in [0.5, 0.6) is 5.75 Å². The van der Waals surface area contributed by atoms with E-state index in [1.54, 1.807) is 12.1 Å². The van der Waals surface area contributed by atoms with Gasteiger partial charge in [0.05, 0.1) is 5.56 Å². The summed E-state index contributed by atoms with van der Waals surface area (Å²) >= 11 is 0. The molecule has 5 rings (SSSR count). The van der Waals surface area contributed by atoms with Crippen molar-refractivity contribution in [3.8, 4) is 5.75 Å². The Balaban J connectivity index is 1.77. The molecule has 0 saturated carbocycles. The van der Waals surface area contributed by atoms with E-state index in [1.165, 1.54) is 30.1 Å². The van der Waals surface area contributed by atoms with E-state index in [1.807, 2.05) is 0 Å². The molecular formula is C21H16F3N3O3. The van der Waals surface area contributed by atoms with E-state index in [4.69, 9.17) is 0 Å². The molecule has 0 radical (unpaired) electrons. The molecule has 1 aromatic heterocycles. The number of rotatable bonds is 1. The van der Waals surface area contributed by atoms with Crippen molar-refractivity contribution in [1.82, 2.24) is 14.8 Å². The zero-order valence-corrected chi connectivity index (χ0v) is 15.7. The van der Waals surface area contributed by atoms with E-state index in [2.05, 4.69) is 4.98 Å². The molecule has 154 valence electrons. The van der Waals surface area contributed by atoms with Crippen LogP contribution in [0, 0.1) is 0 Å². The number of hydrogen-bond donors (Lipinski definition) is 2. The van der Waals surface area contributed by atoms with Crippen LogP contribution in [0.1, 0.15) is 28.4 Å². The predicted molar refractivity (Wildman–Crippen MR) is 101 cm³/mol. The van der Waals surface area contributed by atoms with Crippen LogP contribution in [0.15, 0.2) is 42.5 Å². The van der Waals surface area contributed by atoms with Gasteiger partial charge in [-0.15, -0.1) is 0 Å². The summed E-state index contributed by atoms with van der Waals surface area (Å²) in [6.07, 6.45) is -4.39. The number of amides is 3. The Kier molecular flexibility index (Phi) is 3.71. The van der Waals surface area contributed by atoms with Gasteiger partial charge in [-0.25, -0.2) is 4.79 Å². The molecule has 3 heterocycles. The number of hydrogen-bond acceptors (Lipinski definition) is 3. The van der Waals surface area contributed by atoms with Crippen LogP contribution in [-0.2, 0) is 17.4 Å². The number of urea groups is 1. The van der Waals surface area contributed by atoms with Crippen LogP contribution in [-0.4, -0.2) is 44.9 Å². The maximum Gasteiger partial charge on any atom is 0.416 e. The minimum Gasteiger partial charge on any atom is -0.508 e. The summed E-state index contributed by atoms with van der Waals surface area (Å²) < 4.78 is 39.8. The summed E-state index contributed by atoms with van der Waals surface area (Å²) in [4.78, 5) is 31.2. The van der Waals surface area contributed by atoms with Gasteiger partial charge in [-0.2, -0.15) is 13.2 Å². The number of likely N-dealkylation sites (N-methyl/N-ethyl adjacent to an activating group) is 1. The molecule has 2 aromatic carbocycles. The van der Waals surface area contributed by atoms with Crippen LogP contribution in [0.3, 0.4) is 0 Å². The standard InChI is InChI=1S/C21H16F3N3O3/c1-26-19(29)16-9-14-13-8-11(21(22,23)24)5-6-15(13)25-17(14)18(27(16)20(26)30)10-3-2-4-12(28)7-10/h2-8,16,18,25,28H,9H2,1H3. The number of phenolic OH excluding ortho intramolecular Hbond substituents is 1. The second-order valence-electron chi connectivity index (χ2n) is 7.58. The normalized spacial score (nSPS) is 21.3. The highest BCUT2D eigenvalue weighted by atomic mass is 19.4. The van der Waals surface area contributed by atoms with E-state index in [0.29, 0.717) is 27.7 Å². The Morgan fingerprint density at radius 1 is 1.13 bits per heavy atom. The molecule has 1 saturated heterocycles. The van der Waals surface area contributed by atoms with Crippen molar-refractivity contribution < 1.29 is 27.9 Å². The lowest BCUT2D eigenvalue weighted by molar-refractivity contribution is -0.137. The summed E-state index contributed by atoms with van der Waals surface area (Å²) in [5.74, 6) is -0.421.